The third kappa shape index (κ3) is 4.05. The Kier molecular flexibility index (Phi) is 5.24. The number of allylic oxidation sites excluding steroid dienone is 2. The van der Waals surface area contributed by atoms with Crippen molar-refractivity contribution in [1.82, 2.24) is 10.3 Å². The zero-order valence-electron chi connectivity index (χ0n) is 12.6. The van der Waals surface area contributed by atoms with Gasteiger partial charge >= 0.3 is 0 Å². The highest BCUT2D eigenvalue weighted by Crippen LogP contribution is 2.20. The predicted molar refractivity (Wildman–Crippen MR) is 85.5 cm³/mol. The molecule has 1 atom stereocenters. The van der Waals surface area contributed by atoms with E-state index in [1.54, 1.807) is 0 Å². The molecule has 3 rings (SSSR count). The van der Waals surface area contributed by atoms with Crippen LogP contribution in [0.5, 0.6) is 0 Å². The Morgan fingerprint density at radius 2 is 2.19 bits per heavy atom. The van der Waals surface area contributed by atoms with Crippen LogP contribution in [0.1, 0.15) is 24.8 Å². The Morgan fingerprint density at radius 3 is 3.00 bits per heavy atom. The Morgan fingerprint density at radius 1 is 1.29 bits per heavy atom. The predicted octanol–water partition coefficient (Wildman–Crippen LogP) is 2.36. The number of anilines is 1. The van der Waals surface area contributed by atoms with Gasteiger partial charge in [-0.2, -0.15) is 0 Å². The Balaban J connectivity index is 1.55. The summed E-state index contributed by atoms with van der Waals surface area (Å²) < 4.78 is 5.43. The van der Waals surface area contributed by atoms with Crippen LogP contribution in [0.3, 0.4) is 0 Å². The summed E-state index contributed by atoms with van der Waals surface area (Å²) in [7, 11) is 0. The van der Waals surface area contributed by atoms with Crippen LogP contribution in [0.4, 0.5) is 5.82 Å². The summed E-state index contributed by atoms with van der Waals surface area (Å²) in [5, 5.41) is 3.62. The van der Waals surface area contributed by atoms with E-state index in [1.165, 1.54) is 24.8 Å². The lowest BCUT2D eigenvalue weighted by Crippen LogP contribution is -2.37. The van der Waals surface area contributed by atoms with Gasteiger partial charge in [0.05, 0.1) is 13.2 Å². The second kappa shape index (κ2) is 7.57. The molecule has 4 nitrogen and oxygen atoms in total. The van der Waals surface area contributed by atoms with Crippen molar-refractivity contribution in [3.63, 3.8) is 0 Å². The van der Waals surface area contributed by atoms with E-state index >= 15 is 0 Å². The van der Waals surface area contributed by atoms with Crippen LogP contribution >= 0.6 is 0 Å². The number of aromatic nitrogens is 1. The van der Waals surface area contributed by atoms with Gasteiger partial charge in [-0.05, 0) is 37.8 Å². The number of rotatable bonds is 5. The fourth-order valence-corrected chi connectivity index (χ4v) is 3.08. The van der Waals surface area contributed by atoms with Crippen LogP contribution in [-0.2, 0) is 11.3 Å². The molecule has 0 amide bonds. The smallest absolute Gasteiger partial charge is 0.133 e. The highest BCUT2D eigenvalue weighted by Gasteiger charge is 2.16. The number of nitrogens with zero attached hydrogens (tertiary/aromatic N) is 2. The lowest BCUT2D eigenvalue weighted by Gasteiger charge is -2.29. The van der Waals surface area contributed by atoms with Crippen molar-refractivity contribution in [2.75, 3.05) is 37.7 Å². The van der Waals surface area contributed by atoms with Crippen LogP contribution in [0, 0.1) is 5.92 Å². The van der Waals surface area contributed by atoms with Gasteiger partial charge in [0.1, 0.15) is 5.82 Å². The maximum absolute atomic E-state index is 5.43. The molecule has 1 aromatic heterocycles. The quantitative estimate of drug-likeness (QED) is 0.844. The first-order chi connectivity index (χ1) is 10.4. The molecule has 0 aromatic carbocycles. The molecule has 0 radical (unpaired) electrons. The van der Waals surface area contributed by atoms with Gasteiger partial charge in [0.2, 0.25) is 0 Å². The van der Waals surface area contributed by atoms with E-state index in [9.17, 15) is 0 Å². The summed E-state index contributed by atoms with van der Waals surface area (Å²) in [5.41, 5.74) is 1.30. The highest BCUT2D eigenvalue weighted by atomic mass is 16.5. The normalized spacial score (nSPS) is 22.5. The van der Waals surface area contributed by atoms with Crippen LogP contribution in [-0.4, -0.2) is 37.8 Å². The number of hydrogen-bond acceptors (Lipinski definition) is 4. The zero-order chi connectivity index (χ0) is 14.3. The van der Waals surface area contributed by atoms with Crippen molar-refractivity contribution >= 4 is 5.82 Å². The summed E-state index contributed by atoms with van der Waals surface area (Å²) in [5.74, 6) is 1.91. The molecule has 1 saturated heterocycles. The van der Waals surface area contributed by atoms with Crippen LogP contribution in [0.15, 0.2) is 30.5 Å². The van der Waals surface area contributed by atoms with E-state index in [0.29, 0.717) is 0 Å². The van der Waals surface area contributed by atoms with Gasteiger partial charge in [0.25, 0.3) is 0 Å². The number of morpholine rings is 1. The van der Waals surface area contributed by atoms with Crippen molar-refractivity contribution in [1.29, 1.82) is 0 Å². The van der Waals surface area contributed by atoms with Gasteiger partial charge in [-0.1, -0.05) is 18.2 Å². The second-order valence-electron chi connectivity index (χ2n) is 5.87. The van der Waals surface area contributed by atoms with E-state index in [-0.39, 0.29) is 0 Å². The van der Waals surface area contributed by atoms with Gasteiger partial charge in [-0.3, -0.25) is 0 Å². The van der Waals surface area contributed by atoms with Crippen LogP contribution < -0.4 is 10.2 Å². The highest BCUT2D eigenvalue weighted by molar-refractivity contribution is 5.46. The molecule has 2 heterocycles. The van der Waals surface area contributed by atoms with Crippen LogP contribution in [0.2, 0.25) is 0 Å². The third-order valence-corrected chi connectivity index (χ3v) is 4.30. The fraction of sp³-hybridized carbons (Fsp3) is 0.588. The van der Waals surface area contributed by atoms with Crippen molar-refractivity contribution < 1.29 is 4.74 Å². The Bertz CT molecular complexity index is 469. The first-order valence-electron chi connectivity index (χ1n) is 8.06. The molecule has 0 unspecified atom stereocenters. The number of nitrogens with one attached hydrogen (secondary N) is 1. The van der Waals surface area contributed by atoms with Gasteiger partial charge in [0, 0.05) is 31.4 Å². The van der Waals surface area contributed by atoms with Gasteiger partial charge in [0.15, 0.2) is 0 Å². The molecule has 0 saturated carbocycles. The summed E-state index contributed by atoms with van der Waals surface area (Å²) in [4.78, 5) is 6.92. The molecule has 1 fully saturated rings. The van der Waals surface area contributed by atoms with Gasteiger partial charge in [-0.15, -0.1) is 0 Å². The monoisotopic (exact) mass is 287 g/mol. The van der Waals surface area contributed by atoms with E-state index < -0.39 is 0 Å². The van der Waals surface area contributed by atoms with Gasteiger partial charge in [-0.25, -0.2) is 4.98 Å². The molecule has 2 aliphatic rings. The molecule has 0 bridgehead atoms. The maximum atomic E-state index is 5.43. The maximum Gasteiger partial charge on any atom is 0.133 e. The number of ether oxygens (including phenoxy) is 1. The average molecular weight is 287 g/mol. The summed E-state index contributed by atoms with van der Waals surface area (Å²) >= 11 is 0. The minimum atomic E-state index is 0.790. The minimum Gasteiger partial charge on any atom is -0.378 e. The molecule has 1 aromatic rings. The topological polar surface area (TPSA) is 37.4 Å². The SMILES string of the molecule is C1=CC[C@H](CNCc2cccnc2N2CCOCC2)CC1. The standard InChI is InChI=1S/C17H25N3O/c1-2-5-15(6-3-1)13-18-14-16-7-4-8-19-17(16)20-9-11-21-12-10-20/h1-2,4,7-8,15,18H,3,5-6,9-14H2/t15-/m0/s1. The largest absolute Gasteiger partial charge is 0.378 e. The lowest BCUT2D eigenvalue weighted by molar-refractivity contribution is 0.122. The molecule has 4 heteroatoms. The summed E-state index contributed by atoms with van der Waals surface area (Å²) in [6, 6.07) is 4.22. The molecule has 114 valence electrons. The number of pyridine rings is 1. The van der Waals surface area contributed by atoms with E-state index in [4.69, 9.17) is 4.74 Å². The molecule has 1 aliphatic heterocycles. The molecule has 1 N–H and O–H groups in total. The average Bonchev–Trinajstić information content (AvgIpc) is 2.57. The van der Waals surface area contributed by atoms with Crippen molar-refractivity contribution in [2.24, 2.45) is 5.92 Å². The first-order valence-corrected chi connectivity index (χ1v) is 8.06. The molecular weight excluding hydrogens is 262 g/mol. The third-order valence-electron chi connectivity index (χ3n) is 4.30. The fourth-order valence-electron chi connectivity index (χ4n) is 3.08. The minimum absolute atomic E-state index is 0.790. The molecule has 1 aliphatic carbocycles. The first kappa shape index (κ1) is 14.5. The van der Waals surface area contributed by atoms with E-state index in [1.807, 2.05) is 12.3 Å². The molecular formula is C17H25N3O. The Labute approximate surface area is 127 Å². The van der Waals surface area contributed by atoms with Crippen molar-refractivity contribution in [3.8, 4) is 0 Å². The van der Waals surface area contributed by atoms with Crippen LogP contribution in [0.25, 0.3) is 0 Å². The second-order valence-corrected chi connectivity index (χ2v) is 5.87. The summed E-state index contributed by atoms with van der Waals surface area (Å²) in [6.45, 7) is 5.49. The Hall–Kier alpha value is -1.39. The van der Waals surface area contributed by atoms with Gasteiger partial charge < -0.3 is 15.0 Å². The van der Waals surface area contributed by atoms with E-state index in [2.05, 4.69) is 33.4 Å². The molecule has 21 heavy (non-hydrogen) atoms. The van der Waals surface area contributed by atoms with E-state index in [0.717, 1.165) is 51.1 Å². The lowest BCUT2D eigenvalue weighted by atomic mass is 9.94. The molecule has 0 spiro atoms. The summed E-state index contributed by atoms with van der Waals surface area (Å²) in [6.07, 6.45) is 10.3. The van der Waals surface area contributed by atoms with Crippen molar-refractivity contribution in [3.05, 3.63) is 36.0 Å². The zero-order valence-corrected chi connectivity index (χ0v) is 12.6. The van der Waals surface area contributed by atoms with Crippen molar-refractivity contribution in [2.45, 2.75) is 25.8 Å². The number of hydrogen-bond donors (Lipinski definition) is 1.